The molecule has 4 heteroatoms. The molecular formula is C19H23NO3. The molecule has 0 heterocycles. The molecule has 0 aliphatic rings. The highest BCUT2D eigenvalue weighted by atomic mass is 16.5. The Balaban J connectivity index is 1.87. The minimum Gasteiger partial charge on any atom is -0.493 e. The average molecular weight is 313 g/mol. The van der Waals surface area contributed by atoms with Gasteiger partial charge in [-0.3, -0.25) is 4.79 Å². The quantitative estimate of drug-likeness (QED) is 0.836. The molecule has 122 valence electrons. The lowest BCUT2D eigenvalue weighted by Crippen LogP contribution is -2.30. The molecule has 0 aliphatic carbocycles. The smallest absolute Gasteiger partial charge is 0.265 e. The number of hydrogen-bond donors (Lipinski definition) is 1. The molecule has 1 N–H and O–H groups in total. The Kier molecular flexibility index (Phi) is 6.03. The number of para-hydroxylation sites is 1. The van der Waals surface area contributed by atoms with Crippen LogP contribution in [0.15, 0.2) is 54.6 Å². The van der Waals surface area contributed by atoms with Crippen LogP contribution in [-0.4, -0.2) is 18.6 Å². The van der Waals surface area contributed by atoms with E-state index in [1.54, 1.807) is 6.92 Å². The minimum absolute atomic E-state index is 0.190. The molecule has 0 spiro atoms. The lowest BCUT2D eigenvalue weighted by Gasteiger charge is -2.15. The molecule has 1 amide bonds. The Labute approximate surface area is 137 Å². The molecule has 0 radical (unpaired) electrons. The van der Waals surface area contributed by atoms with Crippen LogP contribution in [0, 0.1) is 5.92 Å². The van der Waals surface area contributed by atoms with Crippen molar-refractivity contribution in [3.05, 3.63) is 54.6 Å². The highest BCUT2D eigenvalue weighted by molar-refractivity contribution is 5.94. The number of carbonyl (C=O) groups excluding carboxylic acids is 1. The first-order valence-corrected chi connectivity index (χ1v) is 7.80. The number of hydrogen-bond acceptors (Lipinski definition) is 3. The van der Waals surface area contributed by atoms with Gasteiger partial charge in [-0.25, -0.2) is 0 Å². The predicted octanol–water partition coefficient (Wildman–Crippen LogP) is 4.13. The third-order valence-electron chi connectivity index (χ3n) is 3.13. The van der Waals surface area contributed by atoms with E-state index in [2.05, 4.69) is 19.2 Å². The summed E-state index contributed by atoms with van der Waals surface area (Å²) < 4.78 is 11.2. The van der Waals surface area contributed by atoms with Crippen molar-refractivity contribution in [2.75, 3.05) is 11.9 Å². The fraction of sp³-hybridized carbons (Fsp3) is 0.316. The van der Waals surface area contributed by atoms with Crippen LogP contribution in [0.4, 0.5) is 5.69 Å². The van der Waals surface area contributed by atoms with Crippen LogP contribution >= 0.6 is 0 Å². The highest BCUT2D eigenvalue weighted by Crippen LogP contribution is 2.17. The molecule has 0 aliphatic heterocycles. The molecule has 1 atom stereocenters. The zero-order valence-electron chi connectivity index (χ0n) is 13.8. The molecule has 0 unspecified atom stereocenters. The Morgan fingerprint density at radius 3 is 2.22 bits per heavy atom. The van der Waals surface area contributed by atoms with Crippen molar-refractivity contribution >= 4 is 11.6 Å². The van der Waals surface area contributed by atoms with Gasteiger partial charge < -0.3 is 14.8 Å². The Bertz CT molecular complexity index is 608. The molecule has 0 bridgehead atoms. The van der Waals surface area contributed by atoms with Crippen molar-refractivity contribution in [3.63, 3.8) is 0 Å². The van der Waals surface area contributed by atoms with Gasteiger partial charge in [0, 0.05) is 5.69 Å². The minimum atomic E-state index is -0.575. The summed E-state index contributed by atoms with van der Waals surface area (Å²) in [6, 6.07) is 16.6. The molecule has 2 rings (SSSR count). The van der Waals surface area contributed by atoms with Crippen molar-refractivity contribution in [1.29, 1.82) is 0 Å². The summed E-state index contributed by atoms with van der Waals surface area (Å²) in [6.07, 6.45) is -0.575. The summed E-state index contributed by atoms with van der Waals surface area (Å²) in [6.45, 7) is 6.60. The molecule has 0 saturated heterocycles. The van der Waals surface area contributed by atoms with Gasteiger partial charge in [0.1, 0.15) is 11.5 Å². The predicted molar refractivity (Wildman–Crippen MR) is 91.9 cm³/mol. The van der Waals surface area contributed by atoms with E-state index in [9.17, 15) is 4.79 Å². The van der Waals surface area contributed by atoms with Gasteiger partial charge in [-0.1, -0.05) is 32.0 Å². The van der Waals surface area contributed by atoms with E-state index in [4.69, 9.17) is 9.47 Å². The van der Waals surface area contributed by atoms with E-state index in [1.807, 2.05) is 54.6 Å². The molecule has 2 aromatic carbocycles. The zero-order chi connectivity index (χ0) is 16.7. The number of amides is 1. The van der Waals surface area contributed by atoms with Gasteiger partial charge in [-0.15, -0.1) is 0 Å². The van der Waals surface area contributed by atoms with Crippen LogP contribution in [0.5, 0.6) is 11.5 Å². The van der Waals surface area contributed by atoms with Crippen LogP contribution in [0.2, 0.25) is 0 Å². The molecule has 23 heavy (non-hydrogen) atoms. The maximum atomic E-state index is 12.1. The van der Waals surface area contributed by atoms with Gasteiger partial charge in [0.15, 0.2) is 6.10 Å². The van der Waals surface area contributed by atoms with Gasteiger partial charge in [0.25, 0.3) is 5.91 Å². The largest absolute Gasteiger partial charge is 0.493 e. The molecule has 0 fully saturated rings. The summed E-state index contributed by atoms with van der Waals surface area (Å²) in [5, 5.41) is 2.83. The summed E-state index contributed by atoms with van der Waals surface area (Å²) >= 11 is 0. The maximum absolute atomic E-state index is 12.1. The summed E-state index contributed by atoms with van der Waals surface area (Å²) in [7, 11) is 0. The second-order valence-electron chi connectivity index (χ2n) is 5.79. The van der Waals surface area contributed by atoms with Crippen molar-refractivity contribution in [2.45, 2.75) is 26.9 Å². The Morgan fingerprint density at radius 1 is 0.957 bits per heavy atom. The second-order valence-corrected chi connectivity index (χ2v) is 5.79. The van der Waals surface area contributed by atoms with E-state index in [0.717, 1.165) is 11.4 Å². The van der Waals surface area contributed by atoms with Crippen LogP contribution in [0.3, 0.4) is 0 Å². The second kappa shape index (κ2) is 8.22. The first-order chi connectivity index (χ1) is 11.0. The van der Waals surface area contributed by atoms with E-state index in [1.165, 1.54) is 0 Å². The van der Waals surface area contributed by atoms with E-state index >= 15 is 0 Å². The van der Waals surface area contributed by atoms with Gasteiger partial charge in [-0.05, 0) is 49.2 Å². The van der Waals surface area contributed by atoms with Crippen LogP contribution in [-0.2, 0) is 4.79 Å². The SMILES string of the molecule is CC(C)COc1ccc(NC(=O)[C@@H](C)Oc2ccccc2)cc1. The average Bonchev–Trinajstić information content (AvgIpc) is 2.55. The van der Waals surface area contributed by atoms with Crippen molar-refractivity contribution in [3.8, 4) is 11.5 Å². The Hall–Kier alpha value is -2.49. The normalized spacial score (nSPS) is 11.8. The summed E-state index contributed by atoms with van der Waals surface area (Å²) in [4.78, 5) is 12.1. The number of nitrogens with one attached hydrogen (secondary N) is 1. The standard InChI is InChI=1S/C19H23NO3/c1-14(2)13-22-17-11-9-16(10-12-17)20-19(21)15(3)23-18-7-5-4-6-8-18/h4-12,14-15H,13H2,1-3H3,(H,20,21)/t15-/m1/s1. The van der Waals surface area contributed by atoms with Crippen LogP contribution < -0.4 is 14.8 Å². The number of ether oxygens (including phenoxy) is 2. The first kappa shape index (κ1) is 16.9. The van der Waals surface area contributed by atoms with Crippen LogP contribution in [0.1, 0.15) is 20.8 Å². The van der Waals surface area contributed by atoms with Gasteiger partial charge in [0.05, 0.1) is 6.61 Å². The molecular weight excluding hydrogens is 290 g/mol. The molecule has 0 saturated carbocycles. The van der Waals surface area contributed by atoms with Crippen molar-refractivity contribution < 1.29 is 14.3 Å². The number of carbonyl (C=O) groups is 1. The first-order valence-electron chi connectivity index (χ1n) is 7.80. The van der Waals surface area contributed by atoms with Crippen molar-refractivity contribution in [1.82, 2.24) is 0 Å². The fourth-order valence-electron chi connectivity index (χ4n) is 1.90. The van der Waals surface area contributed by atoms with Gasteiger partial charge in [-0.2, -0.15) is 0 Å². The van der Waals surface area contributed by atoms with E-state index < -0.39 is 6.10 Å². The Morgan fingerprint density at radius 2 is 1.61 bits per heavy atom. The molecule has 2 aromatic rings. The summed E-state index contributed by atoms with van der Waals surface area (Å²) in [5.41, 5.74) is 0.718. The number of benzene rings is 2. The monoisotopic (exact) mass is 313 g/mol. The fourth-order valence-corrected chi connectivity index (χ4v) is 1.90. The van der Waals surface area contributed by atoms with Gasteiger partial charge in [0.2, 0.25) is 0 Å². The number of anilines is 1. The van der Waals surface area contributed by atoms with Crippen molar-refractivity contribution in [2.24, 2.45) is 5.92 Å². The molecule has 0 aromatic heterocycles. The lowest BCUT2D eigenvalue weighted by atomic mass is 10.2. The summed E-state index contributed by atoms with van der Waals surface area (Å²) in [5.74, 6) is 1.76. The zero-order valence-corrected chi connectivity index (χ0v) is 13.8. The topological polar surface area (TPSA) is 47.6 Å². The third-order valence-corrected chi connectivity index (χ3v) is 3.13. The van der Waals surface area contributed by atoms with E-state index in [0.29, 0.717) is 18.3 Å². The lowest BCUT2D eigenvalue weighted by molar-refractivity contribution is -0.122. The van der Waals surface area contributed by atoms with E-state index in [-0.39, 0.29) is 5.91 Å². The number of rotatable bonds is 7. The van der Waals surface area contributed by atoms with Gasteiger partial charge >= 0.3 is 0 Å². The van der Waals surface area contributed by atoms with Crippen LogP contribution in [0.25, 0.3) is 0 Å². The highest BCUT2D eigenvalue weighted by Gasteiger charge is 2.14. The maximum Gasteiger partial charge on any atom is 0.265 e. The third kappa shape index (κ3) is 5.66. The molecule has 4 nitrogen and oxygen atoms in total.